The molecule has 116 valence electrons. The molecule has 2 aliphatic carbocycles. The van der Waals surface area contributed by atoms with Gasteiger partial charge >= 0.3 is 5.97 Å². The molecule has 0 radical (unpaired) electrons. The summed E-state index contributed by atoms with van der Waals surface area (Å²) in [5, 5.41) is 0. The number of carbonyl (C=O) groups is 1. The molecule has 4 nitrogen and oxygen atoms in total. The molecule has 1 unspecified atom stereocenters. The van der Waals surface area contributed by atoms with E-state index in [9.17, 15) is 4.79 Å². The summed E-state index contributed by atoms with van der Waals surface area (Å²) in [6, 6.07) is 0. The minimum Gasteiger partial charge on any atom is -0.460 e. The monoisotopic (exact) mass is 291 g/mol. The molecule has 1 aromatic heterocycles. The van der Waals surface area contributed by atoms with E-state index >= 15 is 0 Å². The third kappa shape index (κ3) is 2.85. The molecule has 21 heavy (non-hydrogen) atoms. The standard InChI is InChI=1S/C17H25NO3/c1-4-20-16(19)14-13(11-8-9-11)18-15(21-14)12-7-5-6-10-17(12,2)3/h11-12H,4-10H2,1-3H3. The van der Waals surface area contributed by atoms with Crippen LogP contribution in [0.15, 0.2) is 4.42 Å². The zero-order valence-electron chi connectivity index (χ0n) is 13.3. The molecule has 4 heteroatoms. The molecule has 0 aromatic carbocycles. The Morgan fingerprint density at radius 2 is 2.10 bits per heavy atom. The maximum atomic E-state index is 12.1. The fourth-order valence-electron chi connectivity index (χ4n) is 3.43. The molecule has 0 saturated heterocycles. The van der Waals surface area contributed by atoms with Crippen LogP contribution in [-0.2, 0) is 4.74 Å². The van der Waals surface area contributed by atoms with E-state index in [1.807, 2.05) is 6.92 Å². The summed E-state index contributed by atoms with van der Waals surface area (Å²) < 4.78 is 11.0. The van der Waals surface area contributed by atoms with Crippen LogP contribution in [0, 0.1) is 5.41 Å². The van der Waals surface area contributed by atoms with Crippen molar-refractivity contribution in [1.29, 1.82) is 0 Å². The number of aromatic nitrogens is 1. The highest BCUT2D eigenvalue weighted by Crippen LogP contribution is 2.48. The molecule has 0 amide bonds. The molecule has 3 rings (SSSR count). The highest BCUT2D eigenvalue weighted by Gasteiger charge is 2.40. The molecule has 1 heterocycles. The van der Waals surface area contributed by atoms with Crippen molar-refractivity contribution in [3.05, 3.63) is 17.3 Å². The van der Waals surface area contributed by atoms with Gasteiger partial charge in [0, 0.05) is 11.8 Å². The Morgan fingerprint density at radius 1 is 1.33 bits per heavy atom. The molecular weight excluding hydrogens is 266 g/mol. The number of ether oxygens (including phenoxy) is 1. The predicted molar refractivity (Wildman–Crippen MR) is 79.4 cm³/mol. The van der Waals surface area contributed by atoms with Crippen LogP contribution in [-0.4, -0.2) is 17.6 Å². The largest absolute Gasteiger partial charge is 0.460 e. The Morgan fingerprint density at radius 3 is 2.71 bits per heavy atom. The van der Waals surface area contributed by atoms with Gasteiger partial charge in [-0.25, -0.2) is 9.78 Å². The van der Waals surface area contributed by atoms with E-state index in [1.165, 1.54) is 19.3 Å². The predicted octanol–water partition coefficient (Wildman–Crippen LogP) is 4.41. The summed E-state index contributed by atoms with van der Waals surface area (Å²) in [6.07, 6.45) is 6.97. The fraction of sp³-hybridized carbons (Fsp3) is 0.765. The fourth-order valence-corrected chi connectivity index (χ4v) is 3.43. The van der Waals surface area contributed by atoms with Gasteiger partial charge in [-0.15, -0.1) is 0 Å². The van der Waals surface area contributed by atoms with Crippen LogP contribution in [0.1, 0.15) is 93.3 Å². The molecule has 2 fully saturated rings. The molecule has 0 bridgehead atoms. The number of esters is 1. The molecule has 1 atom stereocenters. The first-order valence-corrected chi connectivity index (χ1v) is 8.20. The average Bonchev–Trinajstić information content (AvgIpc) is 3.18. The molecule has 2 aliphatic rings. The van der Waals surface area contributed by atoms with E-state index < -0.39 is 0 Å². The van der Waals surface area contributed by atoms with Crippen LogP contribution in [0.2, 0.25) is 0 Å². The molecular formula is C17H25NO3. The smallest absolute Gasteiger partial charge is 0.376 e. The second-order valence-electron chi connectivity index (χ2n) is 7.05. The van der Waals surface area contributed by atoms with Crippen molar-refractivity contribution in [3.63, 3.8) is 0 Å². The number of nitrogens with zero attached hydrogens (tertiary/aromatic N) is 1. The van der Waals surface area contributed by atoms with Crippen LogP contribution in [0.4, 0.5) is 0 Å². The van der Waals surface area contributed by atoms with Gasteiger partial charge < -0.3 is 9.15 Å². The van der Waals surface area contributed by atoms with Gasteiger partial charge in [0.1, 0.15) is 0 Å². The van der Waals surface area contributed by atoms with Gasteiger partial charge in [0.05, 0.1) is 12.3 Å². The van der Waals surface area contributed by atoms with Gasteiger partial charge in [0.15, 0.2) is 5.89 Å². The third-order valence-corrected chi connectivity index (χ3v) is 4.90. The second kappa shape index (κ2) is 5.47. The van der Waals surface area contributed by atoms with Gasteiger partial charge in [-0.1, -0.05) is 26.7 Å². The van der Waals surface area contributed by atoms with Crippen molar-refractivity contribution in [2.45, 2.75) is 71.1 Å². The number of hydrogen-bond donors (Lipinski definition) is 0. The highest BCUT2D eigenvalue weighted by atomic mass is 16.5. The Balaban J connectivity index is 1.92. The zero-order valence-corrected chi connectivity index (χ0v) is 13.3. The van der Waals surface area contributed by atoms with Gasteiger partial charge in [0.25, 0.3) is 0 Å². The molecule has 1 aromatic rings. The summed E-state index contributed by atoms with van der Waals surface area (Å²) in [5.41, 5.74) is 1.03. The Labute approximate surface area is 126 Å². The van der Waals surface area contributed by atoms with Crippen molar-refractivity contribution < 1.29 is 13.9 Å². The maximum absolute atomic E-state index is 12.1. The summed E-state index contributed by atoms with van der Waals surface area (Å²) in [7, 11) is 0. The third-order valence-electron chi connectivity index (χ3n) is 4.90. The van der Waals surface area contributed by atoms with E-state index in [0.29, 0.717) is 24.2 Å². The summed E-state index contributed by atoms with van der Waals surface area (Å²) in [4.78, 5) is 16.8. The van der Waals surface area contributed by atoms with Crippen molar-refractivity contribution in [2.24, 2.45) is 5.41 Å². The summed E-state index contributed by atoms with van der Waals surface area (Å²) in [6.45, 7) is 6.74. The minimum absolute atomic E-state index is 0.190. The lowest BCUT2D eigenvalue weighted by atomic mass is 9.69. The molecule has 0 N–H and O–H groups in total. The molecule has 2 saturated carbocycles. The Hall–Kier alpha value is -1.32. The SMILES string of the molecule is CCOC(=O)c1oc(C2CCCCC2(C)C)nc1C1CC1. The van der Waals surface area contributed by atoms with Crippen molar-refractivity contribution in [1.82, 2.24) is 4.98 Å². The van der Waals surface area contributed by atoms with E-state index in [-0.39, 0.29) is 11.4 Å². The Bertz CT molecular complexity index is 528. The first-order chi connectivity index (χ1) is 10.0. The number of carbonyl (C=O) groups excluding carboxylic acids is 1. The van der Waals surface area contributed by atoms with Crippen LogP contribution in [0.25, 0.3) is 0 Å². The Kier molecular flexibility index (Phi) is 3.80. The van der Waals surface area contributed by atoms with E-state index in [1.54, 1.807) is 0 Å². The average molecular weight is 291 g/mol. The topological polar surface area (TPSA) is 52.3 Å². The summed E-state index contributed by atoms with van der Waals surface area (Å²) >= 11 is 0. The number of rotatable bonds is 4. The number of hydrogen-bond acceptors (Lipinski definition) is 4. The van der Waals surface area contributed by atoms with Crippen LogP contribution < -0.4 is 0 Å². The van der Waals surface area contributed by atoms with Crippen molar-refractivity contribution in [2.75, 3.05) is 6.61 Å². The van der Waals surface area contributed by atoms with Crippen LogP contribution in [0.5, 0.6) is 0 Å². The van der Waals surface area contributed by atoms with Crippen molar-refractivity contribution >= 4 is 5.97 Å². The minimum atomic E-state index is -0.355. The lowest BCUT2D eigenvalue weighted by Gasteiger charge is -2.36. The maximum Gasteiger partial charge on any atom is 0.376 e. The second-order valence-corrected chi connectivity index (χ2v) is 7.05. The van der Waals surface area contributed by atoms with Crippen LogP contribution >= 0.6 is 0 Å². The van der Waals surface area contributed by atoms with Gasteiger partial charge in [-0.05, 0) is 38.0 Å². The quantitative estimate of drug-likeness (QED) is 0.771. The van der Waals surface area contributed by atoms with Gasteiger partial charge in [-0.2, -0.15) is 0 Å². The summed E-state index contributed by atoms with van der Waals surface area (Å²) in [5.74, 6) is 1.47. The normalized spacial score (nSPS) is 24.8. The number of oxazole rings is 1. The van der Waals surface area contributed by atoms with E-state index in [0.717, 1.165) is 30.8 Å². The first-order valence-electron chi connectivity index (χ1n) is 8.20. The molecule has 0 spiro atoms. The first kappa shape index (κ1) is 14.6. The zero-order chi connectivity index (χ0) is 15.0. The van der Waals surface area contributed by atoms with Gasteiger partial charge in [0.2, 0.25) is 5.76 Å². The van der Waals surface area contributed by atoms with Gasteiger partial charge in [-0.3, -0.25) is 0 Å². The lowest BCUT2D eigenvalue weighted by molar-refractivity contribution is 0.0481. The van der Waals surface area contributed by atoms with Crippen LogP contribution in [0.3, 0.4) is 0 Å². The van der Waals surface area contributed by atoms with E-state index in [4.69, 9.17) is 14.1 Å². The van der Waals surface area contributed by atoms with E-state index in [2.05, 4.69) is 13.8 Å². The highest BCUT2D eigenvalue weighted by molar-refractivity contribution is 5.87. The van der Waals surface area contributed by atoms with Crippen molar-refractivity contribution in [3.8, 4) is 0 Å². The lowest BCUT2D eigenvalue weighted by Crippen LogP contribution is -2.26. The molecule has 0 aliphatic heterocycles.